The molecule has 2 aromatic carbocycles. The fourth-order valence-electron chi connectivity index (χ4n) is 3.55. The molecular formula is C18H14Cl2N2O4. The largest absolute Gasteiger partial charge is 0.454 e. The fourth-order valence-corrected chi connectivity index (χ4v) is 4.10. The molecule has 1 amide bonds. The SMILES string of the molecule is Cc1cc2c(cc1Oc1c(Cl)cc([N+](=O)[O-])cc1Cl)C1(CCC1)C(=O)N2. The molecule has 0 aromatic heterocycles. The number of amides is 1. The second-order valence-corrected chi connectivity index (χ2v) is 7.47. The van der Waals surface area contributed by atoms with E-state index in [0.29, 0.717) is 5.75 Å². The van der Waals surface area contributed by atoms with E-state index >= 15 is 0 Å². The Balaban J connectivity index is 1.75. The number of halogens is 2. The van der Waals surface area contributed by atoms with Gasteiger partial charge in [-0.15, -0.1) is 0 Å². The first kappa shape index (κ1) is 17.1. The molecule has 1 N–H and O–H groups in total. The van der Waals surface area contributed by atoms with Crippen LogP contribution in [-0.4, -0.2) is 10.8 Å². The summed E-state index contributed by atoms with van der Waals surface area (Å²) in [7, 11) is 0. The summed E-state index contributed by atoms with van der Waals surface area (Å²) in [6.07, 6.45) is 2.64. The Hall–Kier alpha value is -2.31. The number of nitro benzene ring substituents is 1. The van der Waals surface area contributed by atoms with Crippen LogP contribution in [0.25, 0.3) is 0 Å². The number of nitrogens with zero attached hydrogens (tertiary/aromatic N) is 1. The van der Waals surface area contributed by atoms with E-state index in [0.717, 1.165) is 36.1 Å². The summed E-state index contributed by atoms with van der Waals surface area (Å²) in [5.74, 6) is 0.702. The Morgan fingerprint density at radius 3 is 2.38 bits per heavy atom. The van der Waals surface area contributed by atoms with Gasteiger partial charge in [0.05, 0.1) is 20.4 Å². The molecule has 1 spiro atoms. The molecule has 2 aromatic rings. The molecule has 0 atom stereocenters. The van der Waals surface area contributed by atoms with Crippen LogP contribution in [0.4, 0.5) is 11.4 Å². The maximum Gasteiger partial charge on any atom is 0.272 e. The summed E-state index contributed by atoms with van der Waals surface area (Å²) in [4.78, 5) is 22.7. The molecule has 0 bridgehead atoms. The zero-order valence-electron chi connectivity index (χ0n) is 13.8. The van der Waals surface area contributed by atoms with Crippen LogP contribution in [0.15, 0.2) is 24.3 Å². The Kier molecular flexibility index (Phi) is 3.86. The van der Waals surface area contributed by atoms with Crippen LogP contribution in [0.5, 0.6) is 11.5 Å². The standard InChI is InChI=1S/C18H14Cl2N2O4/c1-9-5-14-11(18(3-2-4-18)17(23)21-14)8-15(9)26-16-12(19)6-10(22(24)25)7-13(16)20/h5-8H,2-4H2,1H3,(H,21,23). The van der Waals surface area contributed by atoms with E-state index in [1.807, 2.05) is 19.1 Å². The number of fused-ring (bicyclic) bond motifs is 2. The lowest BCUT2D eigenvalue weighted by Gasteiger charge is -2.36. The minimum atomic E-state index is -0.570. The van der Waals surface area contributed by atoms with Gasteiger partial charge in [-0.1, -0.05) is 29.6 Å². The van der Waals surface area contributed by atoms with Crippen molar-refractivity contribution < 1.29 is 14.5 Å². The predicted octanol–water partition coefficient (Wildman–Crippen LogP) is 5.38. The lowest BCUT2D eigenvalue weighted by atomic mass is 9.65. The zero-order chi connectivity index (χ0) is 18.6. The van der Waals surface area contributed by atoms with Gasteiger partial charge in [-0.2, -0.15) is 0 Å². The molecule has 1 heterocycles. The highest BCUT2D eigenvalue weighted by atomic mass is 35.5. The number of aryl methyl sites for hydroxylation is 1. The molecule has 1 aliphatic heterocycles. The first-order chi connectivity index (χ1) is 12.3. The van der Waals surface area contributed by atoms with E-state index in [-0.39, 0.29) is 27.4 Å². The Morgan fingerprint density at radius 2 is 1.85 bits per heavy atom. The normalized spacial score (nSPS) is 16.8. The zero-order valence-corrected chi connectivity index (χ0v) is 15.3. The molecule has 0 radical (unpaired) electrons. The maximum atomic E-state index is 12.4. The summed E-state index contributed by atoms with van der Waals surface area (Å²) in [5, 5.41) is 14.0. The van der Waals surface area contributed by atoms with Crippen LogP contribution in [0.1, 0.15) is 30.4 Å². The number of hydrogen-bond donors (Lipinski definition) is 1. The van der Waals surface area contributed by atoms with Crippen LogP contribution >= 0.6 is 23.2 Å². The number of non-ortho nitro benzene ring substituents is 1. The molecule has 0 unspecified atom stereocenters. The van der Waals surface area contributed by atoms with E-state index in [1.165, 1.54) is 12.1 Å². The van der Waals surface area contributed by atoms with Gasteiger partial charge in [0.25, 0.3) is 5.69 Å². The van der Waals surface area contributed by atoms with Gasteiger partial charge in [-0.05, 0) is 43.0 Å². The highest BCUT2D eigenvalue weighted by molar-refractivity contribution is 6.37. The lowest BCUT2D eigenvalue weighted by molar-refractivity contribution is -0.384. The number of rotatable bonds is 3. The molecule has 134 valence electrons. The van der Waals surface area contributed by atoms with Crippen molar-refractivity contribution in [2.45, 2.75) is 31.6 Å². The quantitative estimate of drug-likeness (QED) is 0.561. The molecule has 8 heteroatoms. The molecule has 1 fully saturated rings. The summed E-state index contributed by atoms with van der Waals surface area (Å²) in [5.41, 5.74) is 1.85. The van der Waals surface area contributed by atoms with Crippen molar-refractivity contribution in [3.63, 3.8) is 0 Å². The minimum absolute atomic E-state index is 0.0294. The van der Waals surface area contributed by atoms with Crippen molar-refractivity contribution in [3.05, 3.63) is 55.6 Å². The van der Waals surface area contributed by atoms with E-state index in [1.54, 1.807) is 0 Å². The number of ether oxygens (including phenoxy) is 1. The maximum absolute atomic E-state index is 12.4. The van der Waals surface area contributed by atoms with Crippen LogP contribution in [0, 0.1) is 17.0 Å². The Labute approximate surface area is 159 Å². The molecule has 1 saturated carbocycles. The number of carbonyl (C=O) groups is 1. The van der Waals surface area contributed by atoms with Crippen molar-refractivity contribution >= 4 is 40.5 Å². The summed E-state index contributed by atoms with van der Waals surface area (Å²) >= 11 is 12.3. The van der Waals surface area contributed by atoms with Gasteiger partial charge in [0.15, 0.2) is 5.75 Å². The van der Waals surface area contributed by atoms with E-state index < -0.39 is 10.3 Å². The van der Waals surface area contributed by atoms with Crippen molar-refractivity contribution in [2.75, 3.05) is 5.32 Å². The third-order valence-electron chi connectivity index (χ3n) is 5.13. The summed E-state index contributed by atoms with van der Waals surface area (Å²) in [6, 6.07) is 6.10. The fraction of sp³-hybridized carbons (Fsp3) is 0.278. The van der Waals surface area contributed by atoms with Gasteiger partial charge in [0.2, 0.25) is 5.91 Å². The monoisotopic (exact) mass is 392 g/mol. The summed E-state index contributed by atoms with van der Waals surface area (Å²) < 4.78 is 5.90. The van der Waals surface area contributed by atoms with Gasteiger partial charge >= 0.3 is 0 Å². The first-order valence-electron chi connectivity index (χ1n) is 8.10. The van der Waals surface area contributed by atoms with E-state index in [4.69, 9.17) is 27.9 Å². The lowest BCUT2D eigenvalue weighted by Crippen LogP contribution is -2.40. The number of carbonyl (C=O) groups excluding carboxylic acids is 1. The Morgan fingerprint density at radius 1 is 1.19 bits per heavy atom. The second-order valence-electron chi connectivity index (χ2n) is 6.65. The summed E-state index contributed by atoms with van der Waals surface area (Å²) in [6.45, 7) is 1.85. The molecule has 1 aliphatic carbocycles. The molecule has 2 aliphatic rings. The Bertz CT molecular complexity index is 947. The number of nitrogens with one attached hydrogen (secondary N) is 1. The number of anilines is 1. The van der Waals surface area contributed by atoms with Crippen LogP contribution in [0.3, 0.4) is 0 Å². The minimum Gasteiger partial charge on any atom is -0.454 e. The highest BCUT2D eigenvalue weighted by Gasteiger charge is 2.51. The average Bonchev–Trinajstić information content (AvgIpc) is 2.81. The van der Waals surface area contributed by atoms with Gasteiger partial charge in [0, 0.05) is 17.8 Å². The van der Waals surface area contributed by atoms with E-state index in [9.17, 15) is 14.9 Å². The molecule has 6 nitrogen and oxygen atoms in total. The van der Waals surface area contributed by atoms with Crippen LogP contribution in [-0.2, 0) is 10.2 Å². The second kappa shape index (κ2) is 5.86. The topological polar surface area (TPSA) is 81.5 Å². The number of benzene rings is 2. The van der Waals surface area contributed by atoms with Crippen LogP contribution < -0.4 is 10.1 Å². The third-order valence-corrected chi connectivity index (χ3v) is 5.69. The average molecular weight is 393 g/mol. The highest BCUT2D eigenvalue weighted by Crippen LogP contribution is 2.53. The van der Waals surface area contributed by atoms with Gasteiger partial charge in [0.1, 0.15) is 5.75 Å². The molecule has 26 heavy (non-hydrogen) atoms. The molecule has 0 saturated heterocycles. The van der Waals surface area contributed by atoms with Gasteiger partial charge in [-0.25, -0.2) is 0 Å². The van der Waals surface area contributed by atoms with Crippen molar-refractivity contribution in [3.8, 4) is 11.5 Å². The first-order valence-corrected chi connectivity index (χ1v) is 8.85. The van der Waals surface area contributed by atoms with Crippen LogP contribution in [0.2, 0.25) is 10.0 Å². The van der Waals surface area contributed by atoms with Gasteiger partial charge in [-0.3, -0.25) is 14.9 Å². The smallest absolute Gasteiger partial charge is 0.272 e. The van der Waals surface area contributed by atoms with Gasteiger partial charge < -0.3 is 10.1 Å². The molecular weight excluding hydrogens is 379 g/mol. The van der Waals surface area contributed by atoms with Crippen molar-refractivity contribution in [1.29, 1.82) is 0 Å². The predicted molar refractivity (Wildman–Crippen MR) is 98.5 cm³/mol. The van der Waals surface area contributed by atoms with Crippen molar-refractivity contribution in [1.82, 2.24) is 0 Å². The van der Waals surface area contributed by atoms with Crippen molar-refractivity contribution in [2.24, 2.45) is 0 Å². The number of hydrogen-bond acceptors (Lipinski definition) is 4. The third kappa shape index (κ3) is 2.44. The molecule has 4 rings (SSSR count). The number of nitro groups is 1. The van der Waals surface area contributed by atoms with E-state index in [2.05, 4.69) is 5.32 Å².